The molecule has 2 amide bonds. The number of fused-ring (bicyclic) bond motifs is 1. The highest BCUT2D eigenvalue weighted by Gasteiger charge is 2.39. The average Bonchev–Trinajstić information content (AvgIpc) is 3.59. The second kappa shape index (κ2) is 10.9. The van der Waals surface area contributed by atoms with Crippen LogP contribution >= 0.6 is 11.3 Å². The Hall–Kier alpha value is -4.35. The second-order valence-corrected chi connectivity index (χ2v) is 11.3. The molecule has 210 valence electrons. The van der Waals surface area contributed by atoms with Gasteiger partial charge >= 0.3 is 0 Å². The third-order valence-electron chi connectivity index (χ3n) is 7.81. The third-order valence-corrected chi connectivity index (χ3v) is 8.50. The predicted molar refractivity (Wildman–Crippen MR) is 153 cm³/mol. The number of benzene rings is 2. The van der Waals surface area contributed by atoms with E-state index >= 15 is 0 Å². The number of phenols is 1. The lowest BCUT2D eigenvalue weighted by atomic mass is 10.0. The van der Waals surface area contributed by atoms with Gasteiger partial charge in [0, 0.05) is 47.6 Å². The summed E-state index contributed by atoms with van der Waals surface area (Å²) in [4.78, 5) is 47.8. The summed E-state index contributed by atoms with van der Waals surface area (Å²) in [5, 5.41) is 15.2. The molecule has 1 unspecified atom stereocenters. The van der Waals surface area contributed by atoms with Crippen molar-refractivity contribution in [1.29, 1.82) is 0 Å². The molecule has 0 aliphatic carbocycles. The molecule has 0 bridgehead atoms. The Labute approximate surface area is 239 Å². The Bertz CT molecular complexity index is 1680. The average molecular weight is 574 g/mol. The fourth-order valence-electron chi connectivity index (χ4n) is 5.61. The van der Waals surface area contributed by atoms with Gasteiger partial charge in [-0.15, -0.1) is 11.3 Å². The standard InChI is InChI=1S/C30H28FN5O4S/c1-34-10-7-22(8-11-34)35-12-6-19(15-26(35)38)18-2-3-20-17-36(29(40)23(20)14-18)27(24-16-21(31)4-5-25(24)37)28(39)33-30-32-9-13-41-30/h2-6,9,12-16,22,27,37H,7-8,10-11,17H2,1H3,(H,32,33,39). The summed E-state index contributed by atoms with van der Waals surface area (Å²) in [6.07, 6.45) is 5.17. The van der Waals surface area contributed by atoms with Crippen LogP contribution in [0.2, 0.25) is 0 Å². The predicted octanol–water partition coefficient (Wildman–Crippen LogP) is 4.42. The number of piperidine rings is 1. The van der Waals surface area contributed by atoms with Crippen LogP contribution in [0.3, 0.4) is 0 Å². The van der Waals surface area contributed by atoms with Crippen molar-refractivity contribution in [2.24, 2.45) is 0 Å². The number of likely N-dealkylation sites (tertiary alicyclic amines) is 1. The first kappa shape index (κ1) is 26.9. The van der Waals surface area contributed by atoms with Gasteiger partial charge in [-0.05, 0) is 80.0 Å². The molecule has 6 rings (SSSR count). The van der Waals surface area contributed by atoms with Gasteiger partial charge in [-0.25, -0.2) is 9.37 Å². The van der Waals surface area contributed by atoms with Crippen molar-refractivity contribution in [1.82, 2.24) is 19.4 Å². The Morgan fingerprint density at radius 2 is 1.88 bits per heavy atom. The molecular weight excluding hydrogens is 545 g/mol. The van der Waals surface area contributed by atoms with Gasteiger partial charge in [-0.2, -0.15) is 0 Å². The van der Waals surface area contributed by atoms with Crippen LogP contribution in [0.15, 0.2) is 71.1 Å². The Balaban J connectivity index is 1.30. The number of hydrogen-bond acceptors (Lipinski definition) is 7. The summed E-state index contributed by atoms with van der Waals surface area (Å²) < 4.78 is 16.0. The molecule has 2 aliphatic rings. The Morgan fingerprint density at radius 3 is 2.61 bits per heavy atom. The lowest BCUT2D eigenvalue weighted by molar-refractivity contribution is -0.120. The summed E-state index contributed by atoms with van der Waals surface area (Å²) in [6, 6.07) is 11.0. The van der Waals surface area contributed by atoms with Crippen molar-refractivity contribution in [2.45, 2.75) is 31.5 Å². The monoisotopic (exact) mass is 573 g/mol. The number of amides is 2. The lowest BCUT2D eigenvalue weighted by Crippen LogP contribution is -2.37. The van der Waals surface area contributed by atoms with Gasteiger partial charge in [0.2, 0.25) is 0 Å². The van der Waals surface area contributed by atoms with E-state index in [4.69, 9.17) is 0 Å². The normalized spacial score (nSPS) is 16.5. The number of anilines is 1. The maximum absolute atomic E-state index is 14.2. The van der Waals surface area contributed by atoms with E-state index in [0.717, 1.165) is 44.1 Å². The minimum Gasteiger partial charge on any atom is -0.508 e. The van der Waals surface area contributed by atoms with Crippen molar-refractivity contribution in [3.8, 4) is 16.9 Å². The molecule has 4 heterocycles. The van der Waals surface area contributed by atoms with E-state index in [1.165, 1.54) is 22.4 Å². The number of nitrogens with zero attached hydrogens (tertiary/aromatic N) is 4. The number of aromatic nitrogens is 2. The lowest BCUT2D eigenvalue weighted by Gasteiger charge is -2.30. The van der Waals surface area contributed by atoms with Crippen molar-refractivity contribution in [3.05, 3.63) is 99.2 Å². The first-order valence-corrected chi connectivity index (χ1v) is 14.2. The second-order valence-electron chi connectivity index (χ2n) is 10.4. The van der Waals surface area contributed by atoms with Gasteiger partial charge in [0.05, 0.1) is 0 Å². The molecule has 41 heavy (non-hydrogen) atoms. The quantitative estimate of drug-likeness (QED) is 0.354. The smallest absolute Gasteiger partial charge is 0.255 e. The van der Waals surface area contributed by atoms with E-state index in [2.05, 4.69) is 22.2 Å². The first-order chi connectivity index (χ1) is 19.8. The van der Waals surface area contributed by atoms with Crippen LogP contribution in [0, 0.1) is 5.82 Å². The third kappa shape index (κ3) is 5.25. The summed E-state index contributed by atoms with van der Waals surface area (Å²) >= 11 is 1.20. The van der Waals surface area contributed by atoms with Gasteiger partial charge < -0.3 is 19.5 Å². The molecule has 0 radical (unpaired) electrons. The fourth-order valence-corrected chi connectivity index (χ4v) is 6.14. The number of halogens is 1. The Kier molecular flexibility index (Phi) is 7.14. The fraction of sp³-hybridized carbons (Fsp3) is 0.267. The van der Waals surface area contributed by atoms with Crippen LogP contribution in [0.5, 0.6) is 5.75 Å². The molecule has 1 saturated heterocycles. The van der Waals surface area contributed by atoms with Crippen LogP contribution < -0.4 is 10.9 Å². The molecule has 2 aromatic heterocycles. The molecule has 1 atom stereocenters. The Morgan fingerprint density at radius 1 is 1.10 bits per heavy atom. The van der Waals surface area contributed by atoms with Crippen molar-refractivity contribution in [2.75, 3.05) is 25.5 Å². The number of nitrogens with one attached hydrogen (secondary N) is 1. The highest BCUT2D eigenvalue weighted by atomic mass is 32.1. The van der Waals surface area contributed by atoms with Gasteiger partial charge in [0.15, 0.2) is 5.13 Å². The number of carbonyl (C=O) groups excluding carboxylic acids is 2. The summed E-state index contributed by atoms with van der Waals surface area (Å²) in [6.45, 7) is 1.97. The number of hydrogen-bond donors (Lipinski definition) is 2. The van der Waals surface area contributed by atoms with E-state index in [1.54, 1.807) is 28.1 Å². The van der Waals surface area contributed by atoms with E-state index in [9.17, 15) is 23.9 Å². The number of phenolic OH excluding ortho intramolecular Hbond substituents is 1. The maximum atomic E-state index is 14.2. The van der Waals surface area contributed by atoms with Crippen LogP contribution in [0.25, 0.3) is 11.1 Å². The number of rotatable bonds is 6. The summed E-state index contributed by atoms with van der Waals surface area (Å²) in [5.41, 5.74) is 2.33. The van der Waals surface area contributed by atoms with E-state index in [0.29, 0.717) is 27.4 Å². The van der Waals surface area contributed by atoms with E-state index in [1.807, 2.05) is 18.3 Å². The molecule has 0 spiro atoms. The maximum Gasteiger partial charge on any atom is 0.255 e. The van der Waals surface area contributed by atoms with Crippen molar-refractivity contribution >= 4 is 28.3 Å². The van der Waals surface area contributed by atoms with Crippen LogP contribution in [0.1, 0.15) is 46.4 Å². The summed E-state index contributed by atoms with van der Waals surface area (Å²) in [5.74, 6) is -2.02. The zero-order chi connectivity index (χ0) is 28.7. The largest absolute Gasteiger partial charge is 0.508 e. The van der Waals surface area contributed by atoms with Gasteiger partial charge in [-0.1, -0.05) is 12.1 Å². The van der Waals surface area contributed by atoms with E-state index < -0.39 is 23.7 Å². The molecule has 2 aliphatic heterocycles. The molecule has 1 fully saturated rings. The molecule has 2 aromatic carbocycles. The van der Waals surface area contributed by atoms with Crippen LogP contribution in [0.4, 0.5) is 9.52 Å². The molecule has 2 N–H and O–H groups in total. The first-order valence-electron chi connectivity index (χ1n) is 13.3. The minimum absolute atomic E-state index is 0.0297. The zero-order valence-corrected chi connectivity index (χ0v) is 23.1. The molecule has 4 aromatic rings. The number of pyridine rings is 1. The van der Waals surface area contributed by atoms with Gasteiger partial charge in [-0.3, -0.25) is 19.7 Å². The summed E-state index contributed by atoms with van der Waals surface area (Å²) in [7, 11) is 2.08. The number of carbonyl (C=O) groups is 2. The zero-order valence-electron chi connectivity index (χ0n) is 22.3. The van der Waals surface area contributed by atoms with E-state index in [-0.39, 0.29) is 29.5 Å². The van der Waals surface area contributed by atoms with Crippen LogP contribution in [-0.4, -0.2) is 56.4 Å². The number of thiazole rings is 1. The topological polar surface area (TPSA) is 108 Å². The highest BCUT2D eigenvalue weighted by Crippen LogP contribution is 2.37. The van der Waals surface area contributed by atoms with Crippen molar-refractivity contribution < 1.29 is 19.1 Å². The van der Waals surface area contributed by atoms with Crippen LogP contribution in [-0.2, 0) is 11.3 Å². The SMILES string of the molecule is CN1CCC(n2ccc(-c3ccc4c(c3)C(=O)N(C(C(=O)Nc3nccs3)c3cc(F)ccc3O)C4)cc2=O)CC1. The molecule has 9 nitrogen and oxygen atoms in total. The number of aromatic hydroxyl groups is 1. The highest BCUT2D eigenvalue weighted by molar-refractivity contribution is 7.13. The van der Waals surface area contributed by atoms with Gasteiger partial charge in [0.1, 0.15) is 17.6 Å². The van der Waals surface area contributed by atoms with Gasteiger partial charge in [0.25, 0.3) is 17.4 Å². The van der Waals surface area contributed by atoms with Crippen molar-refractivity contribution in [3.63, 3.8) is 0 Å². The molecule has 0 saturated carbocycles. The molecule has 11 heteroatoms. The minimum atomic E-state index is -1.31. The molecular formula is C30H28FN5O4S.